The van der Waals surface area contributed by atoms with E-state index >= 15 is 0 Å². The minimum atomic E-state index is -0.188. The molecule has 0 bridgehead atoms. The normalized spacial score (nSPS) is 18.5. The maximum absolute atomic E-state index is 12.7. The molecule has 5 nitrogen and oxygen atoms in total. The number of nitrogens with zero attached hydrogens (tertiary/aromatic N) is 2. The molecule has 2 saturated heterocycles. The van der Waals surface area contributed by atoms with Gasteiger partial charge in [-0.3, -0.25) is 4.79 Å². The van der Waals surface area contributed by atoms with Crippen molar-refractivity contribution in [3.8, 4) is 0 Å². The number of aryl methyl sites for hydroxylation is 1. The standard InChI is InChI=1S/C22H25N3O2S/c1-17-7-5-6-10-19(17)23-21(27)24-13-11-22(12-14-24)25(20(26)16-28-22)15-18-8-3-2-4-9-18/h2-10H,11-16H2,1H3,(H,23,27). The van der Waals surface area contributed by atoms with Gasteiger partial charge in [0.1, 0.15) is 0 Å². The van der Waals surface area contributed by atoms with Gasteiger partial charge in [-0.15, -0.1) is 11.8 Å². The Morgan fingerprint density at radius 3 is 2.46 bits per heavy atom. The molecule has 3 amide bonds. The number of hydrogen-bond acceptors (Lipinski definition) is 3. The lowest BCUT2D eigenvalue weighted by Gasteiger charge is -2.44. The summed E-state index contributed by atoms with van der Waals surface area (Å²) in [5.74, 6) is 0.731. The minimum Gasteiger partial charge on any atom is -0.324 e. The van der Waals surface area contributed by atoms with Gasteiger partial charge in [0, 0.05) is 25.3 Å². The van der Waals surface area contributed by atoms with Gasteiger partial charge in [-0.25, -0.2) is 4.79 Å². The van der Waals surface area contributed by atoms with E-state index < -0.39 is 0 Å². The number of para-hydroxylation sites is 1. The topological polar surface area (TPSA) is 52.7 Å². The molecule has 6 heteroatoms. The van der Waals surface area contributed by atoms with Gasteiger partial charge in [-0.2, -0.15) is 0 Å². The number of thioether (sulfide) groups is 1. The molecular weight excluding hydrogens is 370 g/mol. The van der Waals surface area contributed by atoms with Crippen LogP contribution in [0.15, 0.2) is 54.6 Å². The molecule has 1 spiro atoms. The van der Waals surface area contributed by atoms with Crippen LogP contribution in [-0.4, -0.2) is 45.5 Å². The molecule has 0 aliphatic carbocycles. The van der Waals surface area contributed by atoms with Crippen LogP contribution in [0.25, 0.3) is 0 Å². The van der Waals surface area contributed by atoms with Gasteiger partial charge in [0.15, 0.2) is 0 Å². The summed E-state index contributed by atoms with van der Waals surface area (Å²) in [6.45, 7) is 3.94. The Balaban J connectivity index is 1.41. The smallest absolute Gasteiger partial charge is 0.321 e. The van der Waals surface area contributed by atoms with Crippen molar-refractivity contribution in [2.24, 2.45) is 0 Å². The molecule has 2 aliphatic heterocycles. The Morgan fingerprint density at radius 2 is 1.75 bits per heavy atom. The first-order valence-electron chi connectivity index (χ1n) is 9.67. The number of benzene rings is 2. The van der Waals surface area contributed by atoms with Crippen molar-refractivity contribution < 1.29 is 9.59 Å². The lowest BCUT2D eigenvalue weighted by Crippen LogP contribution is -2.53. The average Bonchev–Trinajstić information content (AvgIpc) is 3.01. The summed E-state index contributed by atoms with van der Waals surface area (Å²) < 4.78 is 0. The summed E-state index contributed by atoms with van der Waals surface area (Å²) in [6, 6.07) is 17.9. The predicted octanol–water partition coefficient (Wildman–Crippen LogP) is 4.09. The molecule has 0 atom stereocenters. The Bertz CT molecular complexity index is 863. The molecule has 2 aromatic carbocycles. The van der Waals surface area contributed by atoms with Crippen LogP contribution in [0, 0.1) is 6.92 Å². The summed E-state index contributed by atoms with van der Waals surface area (Å²) in [6.07, 6.45) is 1.61. The van der Waals surface area contributed by atoms with Crippen LogP contribution >= 0.6 is 11.8 Å². The van der Waals surface area contributed by atoms with Crippen molar-refractivity contribution in [3.05, 3.63) is 65.7 Å². The number of hydrogen-bond donors (Lipinski definition) is 1. The SMILES string of the molecule is Cc1ccccc1NC(=O)N1CCC2(CC1)SCC(=O)N2Cc1ccccc1. The summed E-state index contributed by atoms with van der Waals surface area (Å²) in [5.41, 5.74) is 3.05. The minimum absolute atomic E-state index is 0.0620. The Hall–Kier alpha value is -2.47. The Morgan fingerprint density at radius 1 is 1.07 bits per heavy atom. The first kappa shape index (κ1) is 18.9. The number of piperidine rings is 1. The van der Waals surface area contributed by atoms with Crippen molar-refractivity contribution in [2.45, 2.75) is 31.2 Å². The maximum Gasteiger partial charge on any atom is 0.321 e. The zero-order chi connectivity index (χ0) is 19.6. The van der Waals surface area contributed by atoms with E-state index in [2.05, 4.69) is 17.4 Å². The van der Waals surface area contributed by atoms with E-state index in [-0.39, 0.29) is 16.8 Å². The van der Waals surface area contributed by atoms with Gasteiger partial charge < -0.3 is 15.1 Å². The maximum atomic E-state index is 12.7. The van der Waals surface area contributed by atoms with Crippen LogP contribution in [0.4, 0.5) is 10.5 Å². The largest absolute Gasteiger partial charge is 0.324 e. The van der Waals surface area contributed by atoms with E-state index in [9.17, 15) is 9.59 Å². The molecule has 4 rings (SSSR count). The van der Waals surface area contributed by atoms with Crippen LogP contribution in [0.5, 0.6) is 0 Å². The van der Waals surface area contributed by atoms with E-state index in [1.807, 2.05) is 59.2 Å². The Labute approximate surface area is 170 Å². The highest BCUT2D eigenvalue weighted by Gasteiger charge is 2.48. The molecule has 146 valence electrons. The summed E-state index contributed by atoms with van der Waals surface area (Å²) >= 11 is 1.74. The van der Waals surface area contributed by atoms with Crippen LogP contribution < -0.4 is 5.32 Å². The van der Waals surface area contributed by atoms with Crippen molar-refractivity contribution in [1.29, 1.82) is 0 Å². The highest BCUT2D eigenvalue weighted by molar-refractivity contribution is 8.01. The van der Waals surface area contributed by atoms with Crippen LogP contribution in [0.1, 0.15) is 24.0 Å². The van der Waals surface area contributed by atoms with Gasteiger partial charge in [-0.05, 0) is 37.0 Å². The second kappa shape index (κ2) is 7.87. The zero-order valence-corrected chi connectivity index (χ0v) is 16.9. The van der Waals surface area contributed by atoms with Crippen molar-refractivity contribution in [1.82, 2.24) is 9.80 Å². The molecule has 28 heavy (non-hydrogen) atoms. The molecule has 2 heterocycles. The summed E-state index contributed by atoms with van der Waals surface area (Å²) in [5, 5.41) is 3.02. The molecule has 0 saturated carbocycles. The second-order valence-corrected chi connectivity index (χ2v) is 8.77. The van der Waals surface area contributed by atoms with Gasteiger partial charge in [0.25, 0.3) is 0 Å². The summed E-state index contributed by atoms with van der Waals surface area (Å²) in [7, 11) is 0. The fourth-order valence-electron chi connectivity index (χ4n) is 3.96. The number of carbonyl (C=O) groups excluding carboxylic acids is 2. The van der Waals surface area contributed by atoms with Gasteiger partial charge in [0.2, 0.25) is 5.91 Å². The van der Waals surface area contributed by atoms with Gasteiger partial charge >= 0.3 is 6.03 Å². The quantitative estimate of drug-likeness (QED) is 0.851. The third-order valence-corrected chi connectivity index (χ3v) is 7.22. The monoisotopic (exact) mass is 395 g/mol. The third kappa shape index (κ3) is 3.74. The molecule has 2 aliphatic rings. The number of rotatable bonds is 3. The highest BCUT2D eigenvalue weighted by atomic mass is 32.2. The highest BCUT2D eigenvalue weighted by Crippen LogP contribution is 2.45. The number of carbonyl (C=O) groups is 2. The Kier molecular flexibility index (Phi) is 5.31. The van der Waals surface area contributed by atoms with Crippen molar-refractivity contribution in [3.63, 3.8) is 0 Å². The zero-order valence-electron chi connectivity index (χ0n) is 16.1. The molecular formula is C22H25N3O2S. The van der Waals surface area contributed by atoms with Crippen LogP contribution in [-0.2, 0) is 11.3 Å². The first-order chi connectivity index (χ1) is 13.6. The van der Waals surface area contributed by atoms with E-state index in [0.717, 1.165) is 29.7 Å². The predicted molar refractivity (Wildman–Crippen MR) is 113 cm³/mol. The molecule has 2 aromatic rings. The van der Waals surface area contributed by atoms with Gasteiger partial charge in [0.05, 0.1) is 10.6 Å². The lowest BCUT2D eigenvalue weighted by atomic mass is 10.0. The number of nitrogens with one attached hydrogen (secondary N) is 1. The lowest BCUT2D eigenvalue weighted by molar-refractivity contribution is -0.131. The van der Waals surface area contributed by atoms with Crippen molar-refractivity contribution >= 4 is 29.4 Å². The number of likely N-dealkylation sites (tertiary alicyclic amines) is 1. The molecule has 2 fully saturated rings. The van der Waals surface area contributed by atoms with E-state index in [0.29, 0.717) is 25.4 Å². The average molecular weight is 396 g/mol. The molecule has 0 aromatic heterocycles. The second-order valence-electron chi connectivity index (χ2n) is 7.43. The fourth-order valence-corrected chi connectivity index (χ4v) is 5.30. The number of anilines is 1. The van der Waals surface area contributed by atoms with Crippen molar-refractivity contribution in [2.75, 3.05) is 24.2 Å². The summed E-state index contributed by atoms with van der Waals surface area (Å²) in [4.78, 5) is 29.0. The van der Waals surface area contributed by atoms with Crippen LogP contribution in [0.2, 0.25) is 0 Å². The first-order valence-corrected chi connectivity index (χ1v) is 10.7. The van der Waals surface area contributed by atoms with E-state index in [4.69, 9.17) is 0 Å². The third-order valence-electron chi connectivity index (χ3n) is 5.66. The van der Waals surface area contributed by atoms with Crippen LogP contribution in [0.3, 0.4) is 0 Å². The fraction of sp³-hybridized carbons (Fsp3) is 0.364. The molecule has 0 radical (unpaired) electrons. The molecule has 1 N–H and O–H groups in total. The molecule has 0 unspecified atom stereocenters. The van der Waals surface area contributed by atoms with E-state index in [1.165, 1.54) is 0 Å². The van der Waals surface area contributed by atoms with E-state index in [1.54, 1.807) is 11.8 Å². The van der Waals surface area contributed by atoms with Gasteiger partial charge in [-0.1, -0.05) is 48.5 Å². The number of urea groups is 1. The number of amides is 3.